The van der Waals surface area contributed by atoms with Gasteiger partial charge < -0.3 is 10.1 Å². The van der Waals surface area contributed by atoms with E-state index in [1.165, 1.54) is 12.1 Å². The second kappa shape index (κ2) is 6.44. The smallest absolute Gasteiger partial charge is 0.127 e. The van der Waals surface area contributed by atoms with Gasteiger partial charge in [0.15, 0.2) is 0 Å². The van der Waals surface area contributed by atoms with Crippen molar-refractivity contribution in [3.05, 3.63) is 35.4 Å². The fraction of sp³-hybridized carbons (Fsp3) is 0.600. The van der Waals surface area contributed by atoms with Crippen molar-refractivity contribution in [2.45, 2.75) is 45.4 Å². The molecule has 4 heteroatoms. The van der Waals surface area contributed by atoms with Crippen LogP contribution in [0, 0.1) is 17.6 Å². The van der Waals surface area contributed by atoms with Gasteiger partial charge in [0, 0.05) is 24.8 Å². The Labute approximate surface area is 113 Å². The summed E-state index contributed by atoms with van der Waals surface area (Å²) < 4.78 is 32.3. The highest BCUT2D eigenvalue weighted by molar-refractivity contribution is 5.18. The lowest BCUT2D eigenvalue weighted by Gasteiger charge is -2.32. The van der Waals surface area contributed by atoms with Gasteiger partial charge in [0.25, 0.3) is 0 Å². The first-order valence-corrected chi connectivity index (χ1v) is 6.85. The van der Waals surface area contributed by atoms with Gasteiger partial charge in [-0.25, -0.2) is 8.78 Å². The zero-order valence-corrected chi connectivity index (χ0v) is 11.5. The van der Waals surface area contributed by atoms with Crippen LogP contribution in [0.15, 0.2) is 18.2 Å². The van der Waals surface area contributed by atoms with Crippen molar-refractivity contribution < 1.29 is 13.5 Å². The molecule has 2 atom stereocenters. The Balaban J connectivity index is 1.89. The van der Waals surface area contributed by atoms with Crippen LogP contribution in [0.25, 0.3) is 0 Å². The van der Waals surface area contributed by atoms with Gasteiger partial charge in [0.1, 0.15) is 11.6 Å². The van der Waals surface area contributed by atoms with E-state index >= 15 is 0 Å². The average Bonchev–Trinajstić information content (AvgIpc) is 2.40. The quantitative estimate of drug-likeness (QED) is 0.906. The Morgan fingerprint density at radius 1 is 1.37 bits per heavy atom. The largest absolute Gasteiger partial charge is 0.378 e. The van der Waals surface area contributed by atoms with Gasteiger partial charge in [0.05, 0.1) is 6.10 Å². The van der Waals surface area contributed by atoms with Gasteiger partial charge in [0.2, 0.25) is 0 Å². The van der Waals surface area contributed by atoms with Crippen molar-refractivity contribution in [3.8, 4) is 0 Å². The average molecular weight is 269 g/mol. The molecule has 0 aliphatic carbocycles. The van der Waals surface area contributed by atoms with E-state index < -0.39 is 5.82 Å². The molecule has 1 aliphatic heterocycles. The molecule has 1 heterocycles. The molecule has 106 valence electrons. The maximum Gasteiger partial charge on any atom is 0.127 e. The minimum Gasteiger partial charge on any atom is -0.378 e. The lowest BCUT2D eigenvalue weighted by Crippen LogP contribution is -2.40. The lowest BCUT2D eigenvalue weighted by molar-refractivity contribution is -0.0246. The van der Waals surface area contributed by atoms with Crippen molar-refractivity contribution >= 4 is 0 Å². The molecule has 0 amide bonds. The first-order valence-electron chi connectivity index (χ1n) is 6.85. The number of hydrogen-bond acceptors (Lipinski definition) is 2. The van der Waals surface area contributed by atoms with Crippen molar-refractivity contribution in [2.24, 2.45) is 5.92 Å². The molecule has 0 bridgehead atoms. The van der Waals surface area contributed by atoms with Gasteiger partial charge in [-0.1, -0.05) is 13.8 Å². The lowest BCUT2D eigenvalue weighted by atomic mass is 9.95. The Bertz CT molecular complexity index is 423. The van der Waals surface area contributed by atoms with E-state index in [0.29, 0.717) is 24.1 Å². The van der Waals surface area contributed by atoms with E-state index in [1.54, 1.807) is 0 Å². The van der Waals surface area contributed by atoms with Crippen LogP contribution in [0.2, 0.25) is 0 Å². The molecule has 1 fully saturated rings. The van der Waals surface area contributed by atoms with Crippen LogP contribution in [-0.2, 0) is 11.3 Å². The molecule has 2 rings (SSSR count). The molecule has 1 aliphatic rings. The number of benzene rings is 1. The Kier molecular flexibility index (Phi) is 4.88. The molecule has 1 aromatic carbocycles. The minimum atomic E-state index is -0.398. The third-order valence-electron chi connectivity index (χ3n) is 3.65. The molecule has 2 unspecified atom stereocenters. The van der Waals surface area contributed by atoms with Gasteiger partial charge in [-0.2, -0.15) is 0 Å². The number of ether oxygens (including phenoxy) is 1. The van der Waals surface area contributed by atoms with Gasteiger partial charge >= 0.3 is 0 Å². The second-order valence-electron chi connectivity index (χ2n) is 5.49. The molecule has 2 nitrogen and oxygen atoms in total. The molecular formula is C15H21F2NO. The summed E-state index contributed by atoms with van der Waals surface area (Å²) in [7, 11) is 0. The first-order chi connectivity index (χ1) is 9.06. The zero-order chi connectivity index (χ0) is 13.8. The molecule has 0 aromatic heterocycles. The van der Waals surface area contributed by atoms with Crippen LogP contribution < -0.4 is 5.32 Å². The third kappa shape index (κ3) is 3.98. The topological polar surface area (TPSA) is 21.3 Å². The maximum atomic E-state index is 13.5. The molecule has 0 radical (unpaired) electrons. The summed E-state index contributed by atoms with van der Waals surface area (Å²) in [6, 6.07) is 3.88. The molecular weight excluding hydrogens is 248 g/mol. The van der Waals surface area contributed by atoms with Crippen molar-refractivity contribution in [3.63, 3.8) is 0 Å². The summed E-state index contributed by atoms with van der Waals surface area (Å²) in [5.41, 5.74) is 0.382. The number of halogens is 2. The van der Waals surface area contributed by atoms with Crippen LogP contribution in [0.4, 0.5) is 8.78 Å². The van der Waals surface area contributed by atoms with Crippen LogP contribution in [0.3, 0.4) is 0 Å². The summed E-state index contributed by atoms with van der Waals surface area (Å²) in [5.74, 6) is -0.276. The highest BCUT2D eigenvalue weighted by atomic mass is 19.1. The van der Waals surface area contributed by atoms with E-state index in [4.69, 9.17) is 4.74 Å². The SMILES string of the molecule is CC(C)C1CC(NCc2cc(F)ccc2F)CCO1. The van der Waals surface area contributed by atoms with E-state index in [0.717, 1.165) is 25.5 Å². The van der Waals surface area contributed by atoms with Crippen LogP contribution in [0.5, 0.6) is 0 Å². The van der Waals surface area contributed by atoms with Gasteiger partial charge in [-0.05, 0) is 37.0 Å². The highest BCUT2D eigenvalue weighted by Crippen LogP contribution is 2.20. The Morgan fingerprint density at radius 3 is 2.89 bits per heavy atom. The fourth-order valence-corrected chi connectivity index (χ4v) is 2.41. The van der Waals surface area contributed by atoms with Crippen LogP contribution >= 0.6 is 0 Å². The standard InChI is InChI=1S/C15H21F2NO/c1-10(2)15-8-13(5-6-19-15)18-9-11-7-12(16)3-4-14(11)17/h3-4,7,10,13,15,18H,5-6,8-9H2,1-2H3. The molecule has 19 heavy (non-hydrogen) atoms. The Hall–Kier alpha value is -1.00. The van der Waals surface area contributed by atoms with E-state index in [9.17, 15) is 8.78 Å². The van der Waals surface area contributed by atoms with Crippen LogP contribution in [0.1, 0.15) is 32.3 Å². The highest BCUT2D eigenvalue weighted by Gasteiger charge is 2.24. The second-order valence-corrected chi connectivity index (χ2v) is 5.49. The number of rotatable bonds is 4. The molecule has 1 N–H and O–H groups in total. The Morgan fingerprint density at radius 2 is 2.16 bits per heavy atom. The number of nitrogens with one attached hydrogen (secondary N) is 1. The van der Waals surface area contributed by atoms with E-state index in [-0.39, 0.29) is 11.9 Å². The van der Waals surface area contributed by atoms with Gasteiger partial charge in [-0.15, -0.1) is 0 Å². The fourth-order valence-electron chi connectivity index (χ4n) is 2.41. The van der Waals surface area contributed by atoms with Gasteiger partial charge in [-0.3, -0.25) is 0 Å². The summed E-state index contributed by atoms with van der Waals surface area (Å²) in [5, 5.41) is 3.30. The van der Waals surface area contributed by atoms with E-state index in [2.05, 4.69) is 19.2 Å². The number of hydrogen-bond donors (Lipinski definition) is 1. The van der Waals surface area contributed by atoms with E-state index in [1.807, 2.05) is 0 Å². The summed E-state index contributed by atoms with van der Waals surface area (Å²) in [4.78, 5) is 0. The summed E-state index contributed by atoms with van der Waals surface area (Å²) in [6.07, 6.45) is 2.10. The first kappa shape index (κ1) is 14.4. The maximum absolute atomic E-state index is 13.5. The molecule has 1 saturated heterocycles. The third-order valence-corrected chi connectivity index (χ3v) is 3.65. The van der Waals surface area contributed by atoms with Crippen LogP contribution in [-0.4, -0.2) is 18.8 Å². The normalized spacial score (nSPS) is 23.8. The summed E-state index contributed by atoms with van der Waals surface area (Å²) >= 11 is 0. The van der Waals surface area contributed by atoms with Crippen molar-refractivity contribution in [2.75, 3.05) is 6.61 Å². The zero-order valence-electron chi connectivity index (χ0n) is 11.5. The monoisotopic (exact) mass is 269 g/mol. The minimum absolute atomic E-state index is 0.253. The summed E-state index contributed by atoms with van der Waals surface area (Å²) in [6.45, 7) is 5.36. The van der Waals surface area contributed by atoms with Crippen molar-refractivity contribution in [1.82, 2.24) is 5.32 Å². The van der Waals surface area contributed by atoms with Crippen molar-refractivity contribution in [1.29, 1.82) is 0 Å². The molecule has 0 spiro atoms. The predicted molar refractivity (Wildman–Crippen MR) is 70.8 cm³/mol. The predicted octanol–water partition coefficient (Wildman–Crippen LogP) is 3.26. The molecule has 0 saturated carbocycles. The molecule has 1 aromatic rings.